The molecule has 3 rings (SSSR count). The van der Waals surface area contributed by atoms with Gasteiger partial charge in [-0.25, -0.2) is 0 Å². The Labute approximate surface area is 160 Å². The maximum atomic E-state index is 12.2. The Morgan fingerprint density at radius 1 is 0.920 bits per heavy atom. The highest BCUT2D eigenvalue weighted by Crippen LogP contribution is 2.25. The van der Waals surface area contributed by atoms with Gasteiger partial charge in [-0.05, 0) is 45.3 Å². The lowest BCUT2D eigenvalue weighted by atomic mass is 10.0. The van der Waals surface area contributed by atoms with Crippen LogP contribution in [0.5, 0.6) is 0 Å². The van der Waals surface area contributed by atoms with E-state index in [0.29, 0.717) is 10.6 Å². The molecule has 0 aromatic heterocycles. The molecule has 25 heavy (non-hydrogen) atoms. The van der Waals surface area contributed by atoms with Gasteiger partial charge in [-0.1, -0.05) is 66.2 Å². The van der Waals surface area contributed by atoms with Gasteiger partial charge in [-0.2, -0.15) is 0 Å². The van der Waals surface area contributed by atoms with E-state index in [1.807, 2.05) is 66.7 Å². The van der Waals surface area contributed by atoms with Crippen LogP contribution in [0.3, 0.4) is 0 Å². The Morgan fingerprint density at radius 2 is 1.60 bits per heavy atom. The van der Waals surface area contributed by atoms with E-state index in [2.05, 4.69) is 21.2 Å². The summed E-state index contributed by atoms with van der Waals surface area (Å²) in [5.74, 6) is -0.0554. The highest BCUT2D eigenvalue weighted by atomic mass is 79.9. The van der Waals surface area contributed by atoms with E-state index >= 15 is 0 Å². The fourth-order valence-electron chi connectivity index (χ4n) is 2.35. The normalized spacial score (nSPS) is 10.8. The second-order valence-electron chi connectivity index (χ2n) is 5.41. The Balaban J connectivity index is 1.65. The van der Waals surface area contributed by atoms with Crippen LogP contribution in [-0.2, 0) is 0 Å². The van der Waals surface area contributed by atoms with Crippen LogP contribution in [0.25, 0.3) is 11.1 Å². The van der Waals surface area contributed by atoms with Gasteiger partial charge in [0.1, 0.15) is 0 Å². The number of benzene rings is 3. The maximum Gasteiger partial charge on any atom is 0.187 e. The third kappa shape index (κ3) is 4.59. The molecule has 1 N–H and O–H groups in total. The molecule has 2 nitrogen and oxygen atoms in total. The summed E-state index contributed by atoms with van der Waals surface area (Å²) in [4.78, 5) is 12.2. The molecule has 3 aromatic carbocycles. The third-order valence-corrected chi connectivity index (χ3v) is 4.89. The zero-order valence-electron chi connectivity index (χ0n) is 13.2. The van der Waals surface area contributed by atoms with Crippen molar-refractivity contribution in [3.8, 4) is 11.1 Å². The highest BCUT2D eigenvalue weighted by molar-refractivity contribution is 9.10. The number of carbonyl (C=O) groups is 1. The van der Waals surface area contributed by atoms with Crippen molar-refractivity contribution in [3.05, 3.63) is 100 Å². The number of hydrogen-bond donors (Lipinski definition) is 1. The summed E-state index contributed by atoms with van der Waals surface area (Å²) in [6.07, 6.45) is 3.14. The topological polar surface area (TPSA) is 29.1 Å². The lowest BCUT2D eigenvalue weighted by Gasteiger charge is -2.04. The quantitative estimate of drug-likeness (QED) is 0.379. The van der Waals surface area contributed by atoms with Crippen LogP contribution in [0, 0.1) is 0 Å². The lowest BCUT2D eigenvalue weighted by Crippen LogP contribution is -1.96. The maximum absolute atomic E-state index is 12.2. The fraction of sp³-hybridized carbons (Fsp3) is 0. The van der Waals surface area contributed by atoms with Gasteiger partial charge in [0.25, 0.3) is 0 Å². The van der Waals surface area contributed by atoms with Gasteiger partial charge in [0.05, 0.1) is 5.02 Å². The second kappa shape index (κ2) is 8.15. The number of rotatable bonds is 5. The van der Waals surface area contributed by atoms with Crippen molar-refractivity contribution in [1.82, 2.24) is 0 Å². The van der Waals surface area contributed by atoms with Gasteiger partial charge in [0, 0.05) is 28.0 Å². The van der Waals surface area contributed by atoms with Gasteiger partial charge < -0.3 is 5.32 Å². The van der Waals surface area contributed by atoms with Gasteiger partial charge in [-0.15, -0.1) is 0 Å². The molecule has 0 bridgehead atoms. The van der Waals surface area contributed by atoms with Crippen LogP contribution in [0.15, 0.2) is 89.5 Å². The molecule has 3 aromatic rings. The summed E-state index contributed by atoms with van der Waals surface area (Å²) in [6.45, 7) is 0. The zero-order chi connectivity index (χ0) is 17.6. The Bertz CT molecular complexity index is 905. The molecule has 4 heteroatoms. The van der Waals surface area contributed by atoms with Crippen molar-refractivity contribution in [2.24, 2.45) is 0 Å². The van der Waals surface area contributed by atoms with Crippen molar-refractivity contribution in [1.29, 1.82) is 0 Å². The highest BCUT2D eigenvalue weighted by Gasteiger charge is 2.03. The molecule has 0 saturated heterocycles. The van der Waals surface area contributed by atoms with E-state index < -0.39 is 0 Å². The summed E-state index contributed by atoms with van der Waals surface area (Å²) in [6, 6.07) is 23.2. The van der Waals surface area contributed by atoms with E-state index in [-0.39, 0.29) is 5.78 Å². The number of hydrogen-bond acceptors (Lipinski definition) is 2. The van der Waals surface area contributed by atoms with Crippen molar-refractivity contribution < 1.29 is 4.79 Å². The number of allylic oxidation sites excluding steroid dienone is 1. The van der Waals surface area contributed by atoms with E-state index in [9.17, 15) is 4.79 Å². The van der Waals surface area contributed by atoms with Crippen molar-refractivity contribution >= 4 is 39.0 Å². The number of anilines is 1. The summed E-state index contributed by atoms with van der Waals surface area (Å²) < 4.78 is 0.801. The molecular formula is C21H15BrClNO. The summed E-state index contributed by atoms with van der Waals surface area (Å²) in [5.41, 5.74) is 3.71. The molecule has 0 aliphatic rings. The molecule has 0 atom stereocenters. The first-order valence-corrected chi connectivity index (χ1v) is 8.88. The third-order valence-electron chi connectivity index (χ3n) is 3.68. The second-order valence-corrected chi connectivity index (χ2v) is 6.68. The molecule has 0 spiro atoms. The van der Waals surface area contributed by atoms with Crippen LogP contribution < -0.4 is 5.32 Å². The Morgan fingerprint density at radius 3 is 2.28 bits per heavy atom. The van der Waals surface area contributed by atoms with Crippen molar-refractivity contribution in [3.63, 3.8) is 0 Å². The minimum atomic E-state index is -0.0554. The largest absolute Gasteiger partial charge is 0.362 e. The molecular weight excluding hydrogens is 398 g/mol. The van der Waals surface area contributed by atoms with Crippen LogP contribution in [-0.4, -0.2) is 5.78 Å². The smallest absolute Gasteiger partial charge is 0.187 e. The first-order valence-electron chi connectivity index (χ1n) is 7.71. The molecule has 124 valence electrons. The summed E-state index contributed by atoms with van der Waals surface area (Å²) in [7, 11) is 0. The van der Waals surface area contributed by atoms with E-state index in [1.165, 1.54) is 6.08 Å². The first-order chi connectivity index (χ1) is 12.1. The average Bonchev–Trinajstić information content (AvgIpc) is 2.65. The van der Waals surface area contributed by atoms with Crippen molar-refractivity contribution in [2.75, 3.05) is 5.32 Å². The van der Waals surface area contributed by atoms with Gasteiger partial charge in [0.15, 0.2) is 5.78 Å². The van der Waals surface area contributed by atoms with Crippen LogP contribution in [0.1, 0.15) is 10.4 Å². The SMILES string of the molecule is O=C(/C=C/Nc1ccc(Cl)c(Br)c1)c1ccc(-c2ccccc2)cc1. The van der Waals surface area contributed by atoms with Crippen molar-refractivity contribution in [2.45, 2.75) is 0 Å². The predicted octanol–water partition coefficient (Wildman–Crippen LogP) is 6.58. The van der Waals surface area contributed by atoms with Gasteiger partial charge in [0.2, 0.25) is 0 Å². The molecule has 0 unspecified atom stereocenters. The van der Waals surface area contributed by atoms with E-state index in [4.69, 9.17) is 11.6 Å². The molecule has 0 fully saturated rings. The zero-order valence-corrected chi connectivity index (χ0v) is 15.6. The van der Waals surface area contributed by atoms with E-state index in [1.54, 1.807) is 12.3 Å². The summed E-state index contributed by atoms with van der Waals surface area (Å²) in [5, 5.41) is 3.70. The van der Waals surface area contributed by atoms with Crippen LogP contribution >= 0.6 is 27.5 Å². The molecule has 0 saturated carbocycles. The predicted molar refractivity (Wildman–Crippen MR) is 108 cm³/mol. The van der Waals surface area contributed by atoms with Crippen LogP contribution in [0.4, 0.5) is 5.69 Å². The fourth-order valence-corrected chi connectivity index (χ4v) is 2.85. The molecule has 0 amide bonds. The van der Waals surface area contributed by atoms with E-state index in [0.717, 1.165) is 21.3 Å². The number of carbonyl (C=O) groups excluding carboxylic acids is 1. The molecule has 0 heterocycles. The van der Waals surface area contributed by atoms with Crippen LogP contribution in [0.2, 0.25) is 5.02 Å². The average molecular weight is 413 g/mol. The lowest BCUT2D eigenvalue weighted by molar-refractivity contribution is 0.104. The molecule has 0 aliphatic carbocycles. The first kappa shape index (κ1) is 17.5. The summed E-state index contributed by atoms with van der Waals surface area (Å²) >= 11 is 9.32. The van der Waals surface area contributed by atoms with Gasteiger partial charge in [-0.3, -0.25) is 4.79 Å². The Hall–Kier alpha value is -2.36. The molecule has 0 radical (unpaired) electrons. The number of nitrogens with one attached hydrogen (secondary N) is 1. The monoisotopic (exact) mass is 411 g/mol. The number of ketones is 1. The van der Waals surface area contributed by atoms with Gasteiger partial charge >= 0.3 is 0 Å². The molecule has 0 aliphatic heterocycles. The Kier molecular flexibility index (Phi) is 5.69. The minimum absolute atomic E-state index is 0.0554. The standard InChI is InChI=1S/C21H15BrClNO/c22-19-14-18(10-11-20(19)23)24-13-12-21(25)17-8-6-16(7-9-17)15-4-2-1-3-5-15/h1-14,24H/b13-12+. The number of halogens is 2. The minimum Gasteiger partial charge on any atom is -0.362 e.